The lowest BCUT2D eigenvalue weighted by Gasteiger charge is -2.35. The Balaban J connectivity index is 0.00000480. The van der Waals surface area contributed by atoms with Crippen LogP contribution in [0.1, 0.15) is 46.0 Å². The molecule has 1 aromatic carbocycles. The SMILES string of the molecule is CCCC(CCO)CN=C(NCC)NC1CCCN(c2ccc(OC(F)F)cc2)C1.I. The van der Waals surface area contributed by atoms with Gasteiger partial charge >= 0.3 is 6.61 Å². The molecule has 1 fully saturated rings. The van der Waals surface area contributed by atoms with Crippen molar-refractivity contribution in [1.82, 2.24) is 10.6 Å². The molecule has 1 aliphatic heterocycles. The Hall–Kier alpha value is -1.36. The number of hydrogen-bond acceptors (Lipinski definition) is 4. The molecule has 1 aliphatic rings. The molecule has 2 atom stereocenters. The molecule has 0 radical (unpaired) electrons. The molecule has 2 rings (SSSR count). The lowest BCUT2D eigenvalue weighted by atomic mass is 10.0. The van der Waals surface area contributed by atoms with Crippen LogP contribution >= 0.6 is 24.0 Å². The van der Waals surface area contributed by atoms with Crippen LogP contribution in [0.3, 0.4) is 0 Å². The van der Waals surface area contributed by atoms with Gasteiger partial charge in [0.25, 0.3) is 0 Å². The zero-order valence-corrected chi connectivity index (χ0v) is 20.9. The second-order valence-electron chi connectivity index (χ2n) is 7.69. The Morgan fingerprint density at radius 2 is 2.00 bits per heavy atom. The van der Waals surface area contributed by atoms with Gasteiger partial charge in [-0.3, -0.25) is 4.99 Å². The molecule has 0 aliphatic carbocycles. The number of guanidine groups is 1. The first-order valence-electron chi connectivity index (χ1n) is 11.0. The third kappa shape index (κ3) is 10.2. The average molecular weight is 554 g/mol. The summed E-state index contributed by atoms with van der Waals surface area (Å²) >= 11 is 0. The minimum atomic E-state index is -2.81. The topological polar surface area (TPSA) is 69.1 Å². The van der Waals surface area contributed by atoms with Gasteiger partial charge in [-0.15, -0.1) is 24.0 Å². The summed E-state index contributed by atoms with van der Waals surface area (Å²) in [7, 11) is 0. The third-order valence-corrected chi connectivity index (χ3v) is 5.28. The van der Waals surface area contributed by atoms with Crippen molar-refractivity contribution in [3.63, 3.8) is 0 Å². The van der Waals surface area contributed by atoms with Gasteiger partial charge in [0.2, 0.25) is 0 Å². The van der Waals surface area contributed by atoms with Crippen LogP contribution in [-0.4, -0.2) is 56.5 Å². The highest BCUT2D eigenvalue weighted by Gasteiger charge is 2.21. The Kier molecular flexibility index (Phi) is 13.8. The molecule has 0 spiro atoms. The molecule has 6 nitrogen and oxygen atoms in total. The van der Waals surface area contributed by atoms with Crippen molar-refractivity contribution in [1.29, 1.82) is 0 Å². The van der Waals surface area contributed by atoms with E-state index in [9.17, 15) is 13.9 Å². The first kappa shape index (κ1) is 27.7. The average Bonchev–Trinajstić information content (AvgIpc) is 2.73. The van der Waals surface area contributed by atoms with Crippen molar-refractivity contribution >= 4 is 35.6 Å². The smallest absolute Gasteiger partial charge is 0.387 e. The largest absolute Gasteiger partial charge is 0.435 e. The summed E-state index contributed by atoms with van der Waals surface area (Å²) in [6.45, 7) is 4.81. The lowest BCUT2D eigenvalue weighted by Crippen LogP contribution is -2.51. The number of aliphatic hydroxyl groups excluding tert-OH is 1. The maximum absolute atomic E-state index is 12.3. The van der Waals surface area contributed by atoms with Crippen molar-refractivity contribution < 1.29 is 18.6 Å². The number of aliphatic hydroxyl groups is 1. The van der Waals surface area contributed by atoms with E-state index < -0.39 is 6.61 Å². The Labute approximate surface area is 201 Å². The number of nitrogens with one attached hydrogen (secondary N) is 2. The lowest BCUT2D eigenvalue weighted by molar-refractivity contribution is -0.0498. The van der Waals surface area contributed by atoms with Crippen molar-refractivity contribution in [2.45, 2.75) is 58.6 Å². The molecule has 9 heteroatoms. The van der Waals surface area contributed by atoms with Gasteiger partial charge in [-0.2, -0.15) is 8.78 Å². The summed E-state index contributed by atoms with van der Waals surface area (Å²) in [5.74, 6) is 1.38. The van der Waals surface area contributed by atoms with Crippen molar-refractivity contribution in [3.8, 4) is 5.75 Å². The van der Waals surface area contributed by atoms with Gasteiger partial charge in [0, 0.05) is 44.5 Å². The molecule has 0 saturated carbocycles. The van der Waals surface area contributed by atoms with E-state index in [0.717, 1.165) is 63.4 Å². The fraction of sp³-hybridized carbons (Fsp3) is 0.682. The van der Waals surface area contributed by atoms with Crippen LogP contribution in [-0.2, 0) is 0 Å². The number of rotatable bonds is 11. The second kappa shape index (κ2) is 15.4. The van der Waals surface area contributed by atoms with Gasteiger partial charge < -0.3 is 25.4 Å². The maximum atomic E-state index is 12.3. The highest BCUT2D eigenvalue weighted by Crippen LogP contribution is 2.24. The number of aliphatic imine (C=N–C) groups is 1. The van der Waals surface area contributed by atoms with Crippen molar-refractivity contribution in [2.24, 2.45) is 10.9 Å². The second-order valence-corrected chi connectivity index (χ2v) is 7.69. The van der Waals surface area contributed by atoms with Crippen LogP contribution in [0.2, 0.25) is 0 Å². The summed E-state index contributed by atoms with van der Waals surface area (Å²) in [4.78, 5) is 7.01. The summed E-state index contributed by atoms with van der Waals surface area (Å²) in [6, 6.07) is 7.06. The number of halogens is 3. The van der Waals surface area contributed by atoms with E-state index >= 15 is 0 Å². The molecule has 0 bridgehead atoms. The summed E-state index contributed by atoms with van der Waals surface area (Å²) in [5.41, 5.74) is 0.996. The van der Waals surface area contributed by atoms with Crippen LogP contribution in [0.15, 0.2) is 29.3 Å². The molecule has 31 heavy (non-hydrogen) atoms. The number of nitrogens with zero attached hydrogens (tertiary/aromatic N) is 2. The quantitative estimate of drug-likeness (QED) is 0.217. The summed E-state index contributed by atoms with van der Waals surface area (Å²) < 4.78 is 29.1. The Morgan fingerprint density at radius 3 is 2.61 bits per heavy atom. The zero-order valence-electron chi connectivity index (χ0n) is 18.5. The van der Waals surface area contributed by atoms with E-state index in [4.69, 9.17) is 4.99 Å². The molecular formula is C22H37F2IN4O2. The molecule has 1 aromatic rings. The van der Waals surface area contributed by atoms with Crippen molar-refractivity contribution in [2.75, 3.05) is 37.7 Å². The van der Waals surface area contributed by atoms with Crippen LogP contribution in [0.25, 0.3) is 0 Å². The van der Waals surface area contributed by atoms with E-state index in [1.165, 1.54) is 0 Å². The monoisotopic (exact) mass is 554 g/mol. The number of piperidine rings is 1. The molecule has 2 unspecified atom stereocenters. The first-order chi connectivity index (χ1) is 14.5. The van der Waals surface area contributed by atoms with Gasteiger partial charge in [-0.25, -0.2) is 0 Å². The van der Waals surface area contributed by atoms with Gasteiger partial charge in [0.15, 0.2) is 5.96 Å². The highest BCUT2D eigenvalue weighted by atomic mass is 127. The van der Waals surface area contributed by atoms with Crippen LogP contribution < -0.4 is 20.3 Å². The molecular weight excluding hydrogens is 517 g/mol. The van der Waals surface area contributed by atoms with Crippen molar-refractivity contribution in [3.05, 3.63) is 24.3 Å². The first-order valence-corrected chi connectivity index (χ1v) is 11.0. The number of alkyl halides is 2. The van der Waals surface area contributed by atoms with E-state index in [1.807, 2.05) is 19.1 Å². The predicted molar refractivity (Wildman–Crippen MR) is 133 cm³/mol. The van der Waals surface area contributed by atoms with Gasteiger partial charge in [0.1, 0.15) is 5.75 Å². The Bertz CT molecular complexity index is 628. The maximum Gasteiger partial charge on any atom is 0.387 e. The van der Waals surface area contributed by atoms with E-state index in [2.05, 4.69) is 27.2 Å². The normalized spacial score (nSPS) is 17.8. The van der Waals surface area contributed by atoms with E-state index in [0.29, 0.717) is 12.5 Å². The zero-order chi connectivity index (χ0) is 21.8. The van der Waals surface area contributed by atoms with E-state index in [1.54, 1.807) is 12.1 Å². The Morgan fingerprint density at radius 1 is 1.26 bits per heavy atom. The number of anilines is 1. The molecule has 1 heterocycles. The molecule has 0 amide bonds. The van der Waals surface area contributed by atoms with Crippen LogP contribution in [0, 0.1) is 5.92 Å². The third-order valence-electron chi connectivity index (χ3n) is 5.28. The minimum absolute atomic E-state index is 0. The van der Waals surface area contributed by atoms with Gasteiger partial charge in [-0.1, -0.05) is 13.3 Å². The molecule has 0 aromatic heterocycles. The predicted octanol–water partition coefficient (Wildman–Crippen LogP) is 4.23. The van der Waals surface area contributed by atoms with Gasteiger partial charge in [0.05, 0.1) is 0 Å². The molecule has 178 valence electrons. The summed E-state index contributed by atoms with van der Waals surface area (Å²) in [6.07, 6.45) is 5.01. The fourth-order valence-electron chi connectivity index (χ4n) is 3.82. The number of benzene rings is 1. The summed E-state index contributed by atoms with van der Waals surface area (Å²) in [5, 5.41) is 16.1. The minimum Gasteiger partial charge on any atom is -0.435 e. The number of ether oxygens (including phenoxy) is 1. The standard InChI is InChI=1S/C22H36F2N4O2.HI/c1-3-6-17(12-14-29)15-26-22(25-4-2)27-18-7-5-13-28(16-18)19-8-10-20(11-9-19)30-21(23)24;/h8-11,17-18,21,29H,3-7,12-16H2,1-2H3,(H2,25,26,27);1H. The molecule has 3 N–H and O–H groups in total. The van der Waals surface area contributed by atoms with Crippen LogP contribution in [0.5, 0.6) is 5.75 Å². The molecule has 1 saturated heterocycles. The van der Waals surface area contributed by atoms with Crippen LogP contribution in [0.4, 0.5) is 14.5 Å². The fourth-order valence-corrected chi connectivity index (χ4v) is 3.82. The highest BCUT2D eigenvalue weighted by molar-refractivity contribution is 14.0. The van der Waals surface area contributed by atoms with E-state index in [-0.39, 0.29) is 42.4 Å². The number of hydrogen-bond donors (Lipinski definition) is 3. The van der Waals surface area contributed by atoms with Gasteiger partial charge in [-0.05, 0) is 62.8 Å².